The van der Waals surface area contributed by atoms with Crippen LogP contribution in [0.2, 0.25) is 39.3 Å². The molecule has 5 heteroatoms. The Bertz CT molecular complexity index is 1250. The summed E-state index contributed by atoms with van der Waals surface area (Å²) in [4.78, 5) is 9.40. The fraction of sp³-hybridized carbons (Fsp3) is 0.405. The molecule has 4 rings (SSSR count). The standard InChI is InChI=1S/C18H25NSi.C18H24NSi.CH4.Ir/c2*1-14(2)11-16-12-17(15-9-7-6-8-10-15)19-13-18(16)20(3,4)5;;/h6-10,12-14H,11H2,1-5H3;6-9,12-14H,11H2,1-5H3;1H4;/q;-1;;. The molecule has 0 saturated carbocycles. The summed E-state index contributed by atoms with van der Waals surface area (Å²) in [5.74, 6) is 1.34. The van der Waals surface area contributed by atoms with Gasteiger partial charge >= 0.3 is 0 Å². The van der Waals surface area contributed by atoms with Crippen LogP contribution >= 0.6 is 0 Å². The van der Waals surface area contributed by atoms with Gasteiger partial charge in [-0.05, 0) is 52.4 Å². The zero-order chi connectivity index (χ0) is 29.5. The average Bonchev–Trinajstić information content (AvgIpc) is 2.88. The number of pyridine rings is 2. The monoisotopic (exact) mass is 774 g/mol. The molecule has 0 aliphatic carbocycles. The van der Waals surface area contributed by atoms with Crippen LogP contribution in [-0.2, 0) is 32.9 Å². The van der Waals surface area contributed by atoms with Gasteiger partial charge in [0.2, 0.25) is 0 Å². The number of nitrogens with zero attached hydrogens (tertiary/aromatic N) is 2. The number of aromatic nitrogens is 2. The first kappa shape index (κ1) is 37.8. The Morgan fingerprint density at radius 2 is 1.10 bits per heavy atom. The van der Waals surface area contributed by atoms with Gasteiger partial charge in [-0.25, -0.2) is 0 Å². The molecule has 0 bridgehead atoms. The zero-order valence-electron chi connectivity index (χ0n) is 26.8. The molecule has 42 heavy (non-hydrogen) atoms. The third kappa shape index (κ3) is 11.1. The number of hydrogen-bond acceptors (Lipinski definition) is 2. The summed E-state index contributed by atoms with van der Waals surface area (Å²) in [6.07, 6.45) is 6.51. The van der Waals surface area contributed by atoms with Gasteiger partial charge in [0.05, 0.1) is 21.8 Å². The van der Waals surface area contributed by atoms with E-state index in [4.69, 9.17) is 4.98 Å². The van der Waals surface area contributed by atoms with E-state index in [0.717, 1.165) is 29.8 Å². The minimum atomic E-state index is -1.34. The van der Waals surface area contributed by atoms with Crippen LogP contribution in [0.1, 0.15) is 46.2 Å². The molecule has 0 amide bonds. The van der Waals surface area contributed by atoms with Gasteiger partial charge in [0, 0.05) is 38.1 Å². The van der Waals surface area contributed by atoms with Crippen LogP contribution in [0.25, 0.3) is 22.5 Å². The van der Waals surface area contributed by atoms with Gasteiger partial charge < -0.3 is 4.98 Å². The SMILES string of the molecule is C.CC(C)Cc1cc(-c2[c-]cccc2)ncc1[Si](C)(C)C.CC(C)Cc1cc(-c2ccccc2)ncc1[Si](C)(C)C.[Ir]. The van der Waals surface area contributed by atoms with Crippen LogP contribution in [0.4, 0.5) is 0 Å². The van der Waals surface area contributed by atoms with Gasteiger partial charge in [-0.1, -0.05) is 116 Å². The van der Waals surface area contributed by atoms with Crippen molar-refractivity contribution in [1.82, 2.24) is 9.97 Å². The molecule has 1 radical (unpaired) electrons. The normalized spacial score (nSPS) is 11.3. The van der Waals surface area contributed by atoms with Crippen LogP contribution in [0, 0.1) is 17.9 Å². The van der Waals surface area contributed by atoms with Crippen molar-refractivity contribution in [3.05, 3.63) is 96.3 Å². The maximum absolute atomic E-state index is 4.72. The van der Waals surface area contributed by atoms with Crippen molar-refractivity contribution < 1.29 is 20.1 Å². The first-order chi connectivity index (χ1) is 18.8. The van der Waals surface area contributed by atoms with E-state index in [-0.39, 0.29) is 27.5 Å². The van der Waals surface area contributed by atoms with Gasteiger partial charge in [-0.3, -0.25) is 4.98 Å². The minimum absolute atomic E-state index is 0. The quantitative estimate of drug-likeness (QED) is 0.132. The van der Waals surface area contributed by atoms with Crippen molar-refractivity contribution in [2.45, 2.75) is 87.2 Å². The Kier molecular flexibility index (Phi) is 15.0. The van der Waals surface area contributed by atoms with E-state index in [1.165, 1.54) is 27.1 Å². The molecule has 0 aliphatic heterocycles. The van der Waals surface area contributed by atoms with Crippen LogP contribution < -0.4 is 10.4 Å². The molecule has 0 saturated heterocycles. The number of rotatable bonds is 8. The van der Waals surface area contributed by atoms with E-state index in [9.17, 15) is 0 Å². The maximum atomic E-state index is 4.72. The van der Waals surface area contributed by atoms with Crippen molar-refractivity contribution in [3.63, 3.8) is 0 Å². The van der Waals surface area contributed by atoms with Crippen LogP contribution in [0.5, 0.6) is 0 Å². The molecule has 2 nitrogen and oxygen atoms in total. The van der Waals surface area contributed by atoms with E-state index in [1.54, 1.807) is 0 Å². The zero-order valence-corrected chi connectivity index (χ0v) is 31.2. The number of benzene rings is 2. The van der Waals surface area contributed by atoms with Crippen molar-refractivity contribution >= 4 is 26.5 Å². The molecule has 2 heterocycles. The first-order valence-corrected chi connectivity index (χ1v) is 21.8. The predicted molar refractivity (Wildman–Crippen MR) is 188 cm³/mol. The molecule has 0 fully saturated rings. The molecular formula is C37H53IrN2Si2-. The summed E-state index contributed by atoms with van der Waals surface area (Å²) >= 11 is 0. The molecule has 0 aliphatic rings. The molecule has 2 aromatic carbocycles. The van der Waals surface area contributed by atoms with Gasteiger partial charge in [0.1, 0.15) is 0 Å². The van der Waals surface area contributed by atoms with Crippen molar-refractivity contribution in [2.75, 3.05) is 0 Å². The Labute approximate surface area is 273 Å². The molecule has 0 spiro atoms. The Morgan fingerprint density at radius 1 is 0.643 bits per heavy atom. The Hall–Kier alpha value is -2.18. The Balaban J connectivity index is 0.000000401. The van der Waals surface area contributed by atoms with E-state index in [1.807, 2.05) is 18.2 Å². The summed E-state index contributed by atoms with van der Waals surface area (Å²) in [7, 11) is -2.67. The van der Waals surface area contributed by atoms with Crippen molar-refractivity contribution in [2.24, 2.45) is 11.8 Å². The summed E-state index contributed by atoms with van der Waals surface area (Å²) in [5, 5.41) is 3.00. The van der Waals surface area contributed by atoms with Crippen molar-refractivity contribution in [3.8, 4) is 22.5 Å². The maximum Gasteiger partial charge on any atom is 0.0799 e. The summed E-state index contributed by atoms with van der Waals surface area (Å²) in [5.41, 5.74) is 7.40. The summed E-state index contributed by atoms with van der Waals surface area (Å²) < 4.78 is 0. The molecule has 229 valence electrons. The second-order valence-corrected chi connectivity index (χ2v) is 23.9. The average molecular weight is 774 g/mol. The van der Waals surface area contributed by atoms with Crippen LogP contribution in [0.3, 0.4) is 0 Å². The van der Waals surface area contributed by atoms with Gasteiger partial charge in [0.15, 0.2) is 0 Å². The smallest absolute Gasteiger partial charge is 0.0799 e. The largest absolute Gasteiger partial charge is 0.305 e. The predicted octanol–water partition coefficient (Wildman–Crippen LogP) is 9.42. The molecule has 0 unspecified atom stereocenters. The third-order valence-electron chi connectivity index (χ3n) is 6.91. The second-order valence-electron chi connectivity index (χ2n) is 13.8. The second kappa shape index (κ2) is 16.6. The first-order valence-electron chi connectivity index (χ1n) is 14.8. The Morgan fingerprint density at radius 3 is 1.52 bits per heavy atom. The molecule has 4 aromatic rings. The van der Waals surface area contributed by atoms with Gasteiger partial charge in [-0.2, -0.15) is 0 Å². The van der Waals surface area contributed by atoms with Crippen LogP contribution in [0.15, 0.2) is 79.1 Å². The summed E-state index contributed by atoms with van der Waals surface area (Å²) in [6.45, 7) is 23.5. The van der Waals surface area contributed by atoms with E-state index < -0.39 is 16.1 Å². The number of hydrogen-bond donors (Lipinski definition) is 0. The van der Waals surface area contributed by atoms with E-state index in [2.05, 4.69) is 139 Å². The molecule has 0 atom stereocenters. The van der Waals surface area contributed by atoms with E-state index in [0.29, 0.717) is 11.8 Å². The summed E-state index contributed by atoms with van der Waals surface area (Å²) in [6, 6.07) is 26.4. The fourth-order valence-corrected chi connectivity index (χ4v) is 8.21. The minimum Gasteiger partial charge on any atom is -0.305 e. The van der Waals surface area contributed by atoms with Gasteiger partial charge in [0.25, 0.3) is 0 Å². The van der Waals surface area contributed by atoms with Crippen LogP contribution in [-0.4, -0.2) is 26.1 Å². The molecule has 0 N–H and O–H groups in total. The fourth-order valence-electron chi connectivity index (χ4n) is 5.03. The molecular weight excluding hydrogens is 721 g/mol. The molecule has 2 aromatic heterocycles. The van der Waals surface area contributed by atoms with Crippen molar-refractivity contribution in [1.29, 1.82) is 0 Å². The van der Waals surface area contributed by atoms with Gasteiger partial charge in [-0.15, -0.1) is 35.9 Å². The van der Waals surface area contributed by atoms with E-state index >= 15 is 0 Å². The third-order valence-corrected chi connectivity index (χ3v) is 11.0. The topological polar surface area (TPSA) is 25.8 Å².